The first-order valence-electron chi connectivity index (χ1n) is 6.81. The quantitative estimate of drug-likeness (QED) is 0.703. The summed E-state index contributed by atoms with van der Waals surface area (Å²) < 4.78 is 37.9. The summed E-state index contributed by atoms with van der Waals surface area (Å²) in [6.45, 7) is 0. The number of hydrogen-bond acceptors (Lipinski definition) is 4. The van der Waals surface area contributed by atoms with Crippen LogP contribution in [0.15, 0.2) is 42.5 Å². The average molecular weight is 318 g/mol. The van der Waals surface area contributed by atoms with Gasteiger partial charge in [0.05, 0.1) is 11.1 Å². The van der Waals surface area contributed by atoms with E-state index in [4.69, 9.17) is 5.73 Å². The van der Waals surface area contributed by atoms with E-state index in [-0.39, 0.29) is 0 Å². The van der Waals surface area contributed by atoms with Crippen molar-refractivity contribution in [3.05, 3.63) is 48.0 Å². The Morgan fingerprint density at radius 1 is 1.00 bits per heavy atom. The number of nitrogens with zero attached hydrogens (tertiary/aromatic N) is 2. The van der Waals surface area contributed by atoms with Gasteiger partial charge in [-0.3, -0.25) is 0 Å². The third-order valence-corrected chi connectivity index (χ3v) is 3.43. The van der Waals surface area contributed by atoms with E-state index < -0.39 is 11.7 Å². The Morgan fingerprint density at radius 2 is 1.70 bits per heavy atom. The Balaban J connectivity index is 2.12. The molecule has 7 heteroatoms. The molecule has 0 fully saturated rings. The molecule has 3 aromatic rings. The van der Waals surface area contributed by atoms with Gasteiger partial charge >= 0.3 is 6.18 Å². The molecule has 0 bridgehead atoms. The smallest absolute Gasteiger partial charge is 0.399 e. The third kappa shape index (κ3) is 2.90. The molecule has 0 atom stereocenters. The van der Waals surface area contributed by atoms with Crippen molar-refractivity contribution in [2.24, 2.45) is 0 Å². The highest BCUT2D eigenvalue weighted by Gasteiger charge is 2.30. The van der Waals surface area contributed by atoms with Gasteiger partial charge in [-0.2, -0.15) is 13.2 Å². The number of fused-ring (bicyclic) bond motifs is 1. The Morgan fingerprint density at radius 3 is 2.30 bits per heavy atom. The summed E-state index contributed by atoms with van der Waals surface area (Å²) in [7, 11) is 1.72. The monoisotopic (exact) mass is 318 g/mol. The van der Waals surface area contributed by atoms with E-state index in [0.29, 0.717) is 28.4 Å². The predicted octanol–water partition coefficient (Wildman–Crippen LogP) is 3.94. The van der Waals surface area contributed by atoms with E-state index in [1.165, 1.54) is 12.1 Å². The predicted molar refractivity (Wildman–Crippen MR) is 83.9 cm³/mol. The summed E-state index contributed by atoms with van der Waals surface area (Å²) in [4.78, 5) is 8.76. The zero-order valence-electron chi connectivity index (χ0n) is 12.1. The van der Waals surface area contributed by atoms with Crippen LogP contribution >= 0.6 is 0 Å². The van der Waals surface area contributed by atoms with Gasteiger partial charge in [0.2, 0.25) is 0 Å². The topological polar surface area (TPSA) is 63.8 Å². The lowest BCUT2D eigenvalue weighted by Gasteiger charge is -2.10. The largest absolute Gasteiger partial charge is 0.416 e. The fourth-order valence-corrected chi connectivity index (χ4v) is 2.27. The molecule has 0 spiro atoms. The van der Waals surface area contributed by atoms with Crippen LogP contribution in [-0.4, -0.2) is 17.0 Å². The van der Waals surface area contributed by atoms with E-state index in [9.17, 15) is 13.2 Å². The minimum absolute atomic E-state index is 0.334. The fraction of sp³-hybridized carbons (Fsp3) is 0.125. The lowest BCUT2D eigenvalue weighted by atomic mass is 10.1. The maximum Gasteiger partial charge on any atom is 0.416 e. The van der Waals surface area contributed by atoms with Gasteiger partial charge in [0.25, 0.3) is 0 Å². The average Bonchev–Trinajstić information content (AvgIpc) is 2.52. The SMILES string of the molecule is CNc1nc(-c2ccc(C(F)(F)F)cc2)nc2cc(N)ccc12. The fourth-order valence-electron chi connectivity index (χ4n) is 2.27. The molecule has 3 rings (SSSR count). The Kier molecular flexibility index (Phi) is 3.55. The van der Waals surface area contributed by atoms with Crippen LogP contribution in [0.1, 0.15) is 5.56 Å². The molecule has 0 aliphatic carbocycles. The van der Waals surface area contributed by atoms with Crippen LogP contribution in [0.4, 0.5) is 24.7 Å². The van der Waals surface area contributed by atoms with Crippen molar-refractivity contribution in [1.29, 1.82) is 0 Å². The summed E-state index contributed by atoms with van der Waals surface area (Å²) in [6, 6.07) is 9.98. The number of nitrogens with two attached hydrogens (primary N) is 1. The van der Waals surface area contributed by atoms with Crippen molar-refractivity contribution in [3.8, 4) is 11.4 Å². The Hall–Kier alpha value is -2.83. The molecule has 0 aliphatic rings. The lowest BCUT2D eigenvalue weighted by molar-refractivity contribution is -0.137. The summed E-state index contributed by atoms with van der Waals surface area (Å²) >= 11 is 0. The van der Waals surface area contributed by atoms with Gasteiger partial charge < -0.3 is 11.1 Å². The van der Waals surface area contributed by atoms with Crippen molar-refractivity contribution in [2.45, 2.75) is 6.18 Å². The second-order valence-corrected chi connectivity index (χ2v) is 5.00. The number of nitrogens with one attached hydrogen (secondary N) is 1. The molecular weight excluding hydrogens is 305 g/mol. The van der Waals surface area contributed by atoms with E-state index >= 15 is 0 Å². The minimum Gasteiger partial charge on any atom is -0.399 e. The standard InChI is InChI=1S/C16H13F3N4/c1-21-15-12-7-6-11(20)8-13(12)22-14(23-15)9-2-4-10(5-3-9)16(17,18)19/h2-8H,20H2,1H3,(H,21,22,23). The highest BCUT2D eigenvalue weighted by atomic mass is 19.4. The number of halogens is 3. The molecule has 0 amide bonds. The van der Waals surface area contributed by atoms with Crippen LogP contribution in [0.5, 0.6) is 0 Å². The van der Waals surface area contributed by atoms with Gasteiger partial charge in [0.15, 0.2) is 5.82 Å². The van der Waals surface area contributed by atoms with Gasteiger partial charge in [-0.1, -0.05) is 12.1 Å². The van der Waals surface area contributed by atoms with Crippen LogP contribution in [0, 0.1) is 0 Å². The summed E-state index contributed by atoms with van der Waals surface area (Å²) in [5.41, 5.74) is 6.73. The maximum atomic E-state index is 12.6. The van der Waals surface area contributed by atoms with E-state index in [1.807, 2.05) is 0 Å². The van der Waals surface area contributed by atoms with Crippen molar-refractivity contribution < 1.29 is 13.2 Å². The second-order valence-electron chi connectivity index (χ2n) is 5.00. The normalized spacial score (nSPS) is 11.7. The van der Waals surface area contributed by atoms with Crippen molar-refractivity contribution in [1.82, 2.24) is 9.97 Å². The number of rotatable bonds is 2. The number of hydrogen-bond donors (Lipinski definition) is 2. The molecule has 118 valence electrons. The van der Waals surface area contributed by atoms with Crippen molar-refractivity contribution in [2.75, 3.05) is 18.1 Å². The van der Waals surface area contributed by atoms with Gasteiger partial charge in [0.1, 0.15) is 5.82 Å². The van der Waals surface area contributed by atoms with E-state index in [0.717, 1.165) is 17.5 Å². The highest BCUT2D eigenvalue weighted by molar-refractivity contribution is 5.92. The number of anilines is 2. The molecule has 2 aromatic carbocycles. The molecule has 0 saturated heterocycles. The van der Waals surface area contributed by atoms with Crippen LogP contribution in [0.3, 0.4) is 0 Å². The molecule has 23 heavy (non-hydrogen) atoms. The second kappa shape index (κ2) is 5.42. The summed E-state index contributed by atoms with van der Waals surface area (Å²) in [6.07, 6.45) is -4.37. The van der Waals surface area contributed by atoms with Gasteiger partial charge in [-0.05, 0) is 30.3 Å². The lowest BCUT2D eigenvalue weighted by Crippen LogP contribution is -2.04. The zero-order valence-corrected chi connectivity index (χ0v) is 12.1. The number of alkyl halides is 3. The third-order valence-electron chi connectivity index (χ3n) is 3.43. The van der Waals surface area contributed by atoms with Crippen LogP contribution in [0.25, 0.3) is 22.3 Å². The summed E-state index contributed by atoms with van der Waals surface area (Å²) in [5, 5.41) is 3.75. The molecule has 1 heterocycles. The van der Waals surface area contributed by atoms with Crippen LogP contribution in [-0.2, 0) is 6.18 Å². The zero-order chi connectivity index (χ0) is 16.6. The molecule has 0 unspecified atom stereocenters. The van der Waals surface area contributed by atoms with Gasteiger partial charge in [0, 0.05) is 23.7 Å². The van der Waals surface area contributed by atoms with E-state index in [2.05, 4.69) is 15.3 Å². The molecule has 0 radical (unpaired) electrons. The first kappa shape index (κ1) is 15.1. The van der Waals surface area contributed by atoms with Gasteiger partial charge in [-0.15, -0.1) is 0 Å². The minimum atomic E-state index is -4.37. The maximum absolute atomic E-state index is 12.6. The number of aromatic nitrogens is 2. The first-order valence-corrected chi connectivity index (χ1v) is 6.81. The highest BCUT2D eigenvalue weighted by Crippen LogP contribution is 2.31. The molecule has 0 aliphatic heterocycles. The number of benzene rings is 2. The molecular formula is C16H13F3N4. The van der Waals surface area contributed by atoms with Crippen molar-refractivity contribution in [3.63, 3.8) is 0 Å². The number of nitrogen functional groups attached to an aromatic ring is 1. The Labute approximate surface area is 130 Å². The summed E-state index contributed by atoms with van der Waals surface area (Å²) in [5.74, 6) is 0.922. The first-order chi connectivity index (χ1) is 10.9. The van der Waals surface area contributed by atoms with Gasteiger partial charge in [-0.25, -0.2) is 9.97 Å². The Bertz CT molecular complexity index is 858. The molecule has 1 aromatic heterocycles. The van der Waals surface area contributed by atoms with Crippen molar-refractivity contribution >= 4 is 22.4 Å². The molecule has 3 N–H and O–H groups in total. The van der Waals surface area contributed by atoms with E-state index in [1.54, 1.807) is 25.2 Å². The molecule has 0 saturated carbocycles. The molecule has 4 nitrogen and oxygen atoms in total. The van der Waals surface area contributed by atoms with Crippen LogP contribution in [0.2, 0.25) is 0 Å². The van der Waals surface area contributed by atoms with Crippen LogP contribution < -0.4 is 11.1 Å².